The predicted octanol–water partition coefficient (Wildman–Crippen LogP) is 2.84. The van der Waals surface area contributed by atoms with Crippen LogP contribution in [0.2, 0.25) is 5.02 Å². The fourth-order valence-corrected chi connectivity index (χ4v) is 3.19. The maximum absolute atomic E-state index is 12.2. The van der Waals surface area contributed by atoms with Crippen molar-refractivity contribution in [3.05, 3.63) is 63.7 Å². The molecule has 0 saturated heterocycles. The minimum Gasteiger partial charge on any atom is -0.496 e. The number of carbonyl (C=O) groups is 2. The molecule has 130 valence electrons. The number of rotatable bonds is 4. The van der Waals surface area contributed by atoms with Gasteiger partial charge in [-0.05, 0) is 54.2 Å². The number of hydrogen-bond donors (Lipinski definition) is 2. The highest BCUT2D eigenvalue weighted by Crippen LogP contribution is 2.23. The molecule has 0 atom stereocenters. The largest absolute Gasteiger partial charge is 0.496 e. The predicted molar refractivity (Wildman–Crippen MR) is 95.8 cm³/mol. The average molecular weight is 359 g/mol. The van der Waals surface area contributed by atoms with Crippen LogP contribution in [0.5, 0.6) is 5.75 Å². The minimum absolute atomic E-state index is 0.209. The lowest BCUT2D eigenvalue weighted by atomic mass is 10.0. The summed E-state index contributed by atoms with van der Waals surface area (Å²) >= 11 is 5.91. The van der Waals surface area contributed by atoms with Crippen LogP contribution in [-0.2, 0) is 24.1 Å². The molecule has 25 heavy (non-hydrogen) atoms. The highest BCUT2D eigenvalue weighted by molar-refractivity contribution is 6.31. The molecule has 0 unspecified atom stereocenters. The number of halogens is 1. The van der Waals surface area contributed by atoms with Crippen LogP contribution in [0.25, 0.3) is 0 Å². The second-order valence-electron chi connectivity index (χ2n) is 5.98. The summed E-state index contributed by atoms with van der Waals surface area (Å²) in [4.78, 5) is 24.3. The number of nitrogens with one attached hydrogen (secondary N) is 2. The Bertz CT molecular complexity index is 820. The van der Waals surface area contributed by atoms with Gasteiger partial charge in [0.1, 0.15) is 5.75 Å². The molecule has 6 heteroatoms. The monoisotopic (exact) mass is 358 g/mol. The van der Waals surface area contributed by atoms with E-state index in [-0.39, 0.29) is 17.9 Å². The molecule has 0 saturated carbocycles. The van der Waals surface area contributed by atoms with Gasteiger partial charge in [-0.1, -0.05) is 29.8 Å². The average Bonchev–Trinajstić information content (AvgIpc) is 3.07. The Kier molecular flexibility index (Phi) is 5.24. The van der Waals surface area contributed by atoms with Gasteiger partial charge in [-0.25, -0.2) is 0 Å². The topological polar surface area (TPSA) is 67.4 Å². The summed E-state index contributed by atoms with van der Waals surface area (Å²) < 4.78 is 5.13. The van der Waals surface area contributed by atoms with Crippen molar-refractivity contribution in [2.24, 2.45) is 0 Å². The van der Waals surface area contributed by atoms with Crippen LogP contribution < -0.4 is 15.6 Å². The van der Waals surface area contributed by atoms with Gasteiger partial charge in [0.05, 0.1) is 19.1 Å². The third-order valence-electron chi connectivity index (χ3n) is 4.25. The zero-order valence-corrected chi connectivity index (χ0v) is 14.7. The minimum atomic E-state index is -0.485. The molecule has 2 amide bonds. The van der Waals surface area contributed by atoms with E-state index >= 15 is 0 Å². The third kappa shape index (κ3) is 4.12. The molecule has 0 spiro atoms. The quantitative estimate of drug-likeness (QED) is 0.826. The molecule has 1 aliphatic carbocycles. The van der Waals surface area contributed by atoms with Gasteiger partial charge in [-0.15, -0.1) is 0 Å². The molecule has 0 aliphatic heterocycles. The van der Waals surface area contributed by atoms with Crippen molar-refractivity contribution in [3.8, 4) is 5.75 Å². The van der Waals surface area contributed by atoms with E-state index in [4.69, 9.17) is 16.3 Å². The number of fused-ring (bicyclic) bond motifs is 1. The van der Waals surface area contributed by atoms with Gasteiger partial charge in [0.15, 0.2) is 0 Å². The van der Waals surface area contributed by atoms with Gasteiger partial charge in [0, 0.05) is 5.02 Å². The number of amides is 2. The molecule has 0 radical (unpaired) electrons. The maximum Gasteiger partial charge on any atom is 0.273 e. The zero-order valence-electron chi connectivity index (χ0n) is 13.9. The lowest BCUT2D eigenvalue weighted by molar-refractivity contribution is -0.121. The lowest BCUT2D eigenvalue weighted by Crippen LogP contribution is -2.42. The molecule has 2 aromatic rings. The standard InChI is InChI=1S/C19H19ClN2O3/c1-25-17-8-7-15(20)11-16(17)19(24)22-21-18(23)10-12-5-6-13-3-2-4-14(13)9-12/h5-9,11H,2-4,10H2,1H3,(H,21,23)(H,22,24). The van der Waals surface area contributed by atoms with Gasteiger partial charge in [-0.2, -0.15) is 0 Å². The van der Waals surface area contributed by atoms with Crippen LogP contribution in [0, 0.1) is 0 Å². The van der Waals surface area contributed by atoms with Gasteiger partial charge in [0.25, 0.3) is 5.91 Å². The zero-order chi connectivity index (χ0) is 17.8. The number of methoxy groups -OCH3 is 1. The Morgan fingerprint density at radius 2 is 1.88 bits per heavy atom. The number of aryl methyl sites for hydroxylation is 2. The molecule has 0 aromatic heterocycles. The Morgan fingerprint density at radius 3 is 2.68 bits per heavy atom. The first-order valence-corrected chi connectivity index (χ1v) is 8.48. The Hall–Kier alpha value is -2.53. The van der Waals surface area contributed by atoms with E-state index < -0.39 is 5.91 Å². The van der Waals surface area contributed by atoms with Crippen molar-refractivity contribution < 1.29 is 14.3 Å². The SMILES string of the molecule is COc1ccc(Cl)cc1C(=O)NNC(=O)Cc1ccc2c(c1)CCC2. The van der Waals surface area contributed by atoms with E-state index in [1.165, 1.54) is 30.7 Å². The second kappa shape index (κ2) is 7.57. The van der Waals surface area contributed by atoms with Crippen LogP contribution in [0.15, 0.2) is 36.4 Å². The van der Waals surface area contributed by atoms with Crippen molar-refractivity contribution >= 4 is 23.4 Å². The normalized spacial score (nSPS) is 12.4. The maximum atomic E-state index is 12.2. The van der Waals surface area contributed by atoms with Gasteiger partial charge >= 0.3 is 0 Å². The van der Waals surface area contributed by atoms with Crippen molar-refractivity contribution in [2.45, 2.75) is 25.7 Å². The number of carbonyl (C=O) groups excluding carboxylic acids is 2. The fourth-order valence-electron chi connectivity index (χ4n) is 3.02. The first-order valence-electron chi connectivity index (χ1n) is 8.10. The molecule has 3 rings (SSSR count). The van der Waals surface area contributed by atoms with Crippen molar-refractivity contribution in [1.82, 2.24) is 10.9 Å². The first kappa shape index (κ1) is 17.3. The Balaban J connectivity index is 1.59. The molecule has 0 fully saturated rings. The summed E-state index contributed by atoms with van der Waals surface area (Å²) in [5.41, 5.74) is 8.71. The van der Waals surface area contributed by atoms with E-state index in [1.54, 1.807) is 12.1 Å². The summed E-state index contributed by atoms with van der Waals surface area (Å²) in [6, 6.07) is 10.8. The van der Waals surface area contributed by atoms with E-state index in [9.17, 15) is 9.59 Å². The van der Waals surface area contributed by atoms with Gasteiger partial charge < -0.3 is 4.74 Å². The Labute approximate surface area is 151 Å². The van der Waals surface area contributed by atoms with Gasteiger partial charge in [0.2, 0.25) is 5.91 Å². The van der Waals surface area contributed by atoms with Crippen molar-refractivity contribution in [2.75, 3.05) is 7.11 Å². The highest BCUT2D eigenvalue weighted by Gasteiger charge is 2.15. The second-order valence-corrected chi connectivity index (χ2v) is 6.42. The lowest BCUT2D eigenvalue weighted by Gasteiger charge is -2.11. The smallest absolute Gasteiger partial charge is 0.273 e. The summed E-state index contributed by atoms with van der Waals surface area (Å²) in [7, 11) is 1.46. The number of benzene rings is 2. The van der Waals surface area contributed by atoms with Crippen LogP contribution in [0.3, 0.4) is 0 Å². The summed E-state index contributed by atoms with van der Waals surface area (Å²) in [5.74, 6) is -0.385. The molecule has 5 nitrogen and oxygen atoms in total. The van der Waals surface area contributed by atoms with Gasteiger partial charge in [-0.3, -0.25) is 20.4 Å². The summed E-state index contributed by atoms with van der Waals surface area (Å²) in [6.45, 7) is 0. The molecule has 2 aromatic carbocycles. The molecule has 2 N–H and O–H groups in total. The highest BCUT2D eigenvalue weighted by atomic mass is 35.5. The van der Waals surface area contributed by atoms with Crippen LogP contribution in [0.4, 0.5) is 0 Å². The Morgan fingerprint density at radius 1 is 1.08 bits per heavy atom. The van der Waals surface area contributed by atoms with E-state index in [2.05, 4.69) is 23.0 Å². The third-order valence-corrected chi connectivity index (χ3v) is 4.48. The molecule has 0 bridgehead atoms. The van der Waals surface area contributed by atoms with E-state index in [0.29, 0.717) is 10.8 Å². The van der Waals surface area contributed by atoms with E-state index in [0.717, 1.165) is 18.4 Å². The summed E-state index contributed by atoms with van der Waals surface area (Å²) in [6.07, 6.45) is 3.55. The van der Waals surface area contributed by atoms with Crippen molar-refractivity contribution in [3.63, 3.8) is 0 Å². The molecule has 1 aliphatic rings. The number of hydrazine groups is 1. The molecular formula is C19H19ClN2O3. The number of hydrogen-bond acceptors (Lipinski definition) is 3. The fraction of sp³-hybridized carbons (Fsp3) is 0.263. The van der Waals surface area contributed by atoms with Crippen LogP contribution in [0.1, 0.15) is 33.5 Å². The molecular weight excluding hydrogens is 340 g/mol. The summed E-state index contributed by atoms with van der Waals surface area (Å²) in [5, 5.41) is 0.412. The van der Waals surface area contributed by atoms with E-state index in [1.807, 2.05) is 6.07 Å². The number of ether oxygens (including phenoxy) is 1. The van der Waals surface area contributed by atoms with Crippen LogP contribution >= 0.6 is 11.6 Å². The van der Waals surface area contributed by atoms with Crippen molar-refractivity contribution in [1.29, 1.82) is 0 Å². The van der Waals surface area contributed by atoms with Crippen LogP contribution in [-0.4, -0.2) is 18.9 Å². The molecule has 0 heterocycles. The first-order chi connectivity index (χ1) is 12.1.